The van der Waals surface area contributed by atoms with Gasteiger partial charge < -0.3 is 10.1 Å². The average Bonchev–Trinajstić information content (AvgIpc) is 2.13. The lowest BCUT2D eigenvalue weighted by Gasteiger charge is -2.25. The lowest BCUT2D eigenvalue weighted by Crippen LogP contribution is -2.29. The van der Waals surface area contributed by atoms with Crippen LogP contribution in [0.5, 0.6) is 0 Å². The van der Waals surface area contributed by atoms with Gasteiger partial charge in [-0.15, -0.1) is 0 Å². The maximum atomic E-state index is 5.72. The van der Waals surface area contributed by atoms with Gasteiger partial charge in [0, 0.05) is 12.6 Å². The first-order chi connectivity index (χ1) is 6.86. The van der Waals surface area contributed by atoms with Gasteiger partial charge in [0.1, 0.15) is 0 Å². The number of hydrogen-bond donors (Lipinski definition) is 1. The molecule has 0 aromatic heterocycles. The summed E-state index contributed by atoms with van der Waals surface area (Å²) in [7, 11) is 0. The molecule has 1 aliphatic carbocycles. The normalized spacial score (nSPS) is 19.3. The molecule has 0 aromatic rings. The van der Waals surface area contributed by atoms with Crippen molar-refractivity contribution in [2.45, 2.75) is 64.5 Å². The molecule has 2 heteroatoms. The van der Waals surface area contributed by atoms with Gasteiger partial charge in [-0.05, 0) is 45.1 Å². The molecular formula is C12H25NO. The highest BCUT2D eigenvalue weighted by Crippen LogP contribution is 2.22. The summed E-state index contributed by atoms with van der Waals surface area (Å²) < 4.78 is 5.72. The lowest BCUT2D eigenvalue weighted by atomic mass is 9.96. The minimum absolute atomic E-state index is 0.606. The number of hydrogen-bond acceptors (Lipinski definition) is 2. The Morgan fingerprint density at radius 3 is 2.64 bits per heavy atom. The van der Waals surface area contributed by atoms with Crippen molar-refractivity contribution in [1.29, 1.82) is 0 Å². The van der Waals surface area contributed by atoms with Crippen LogP contribution in [-0.2, 0) is 4.74 Å². The SMILES string of the molecule is CCNC(CC)CCCOC1CCC1. The van der Waals surface area contributed by atoms with Crippen LogP contribution in [0.3, 0.4) is 0 Å². The van der Waals surface area contributed by atoms with Crippen molar-refractivity contribution in [3.05, 3.63) is 0 Å². The van der Waals surface area contributed by atoms with Crippen molar-refractivity contribution in [3.63, 3.8) is 0 Å². The van der Waals surface area contributed by atoms with Crippen LogP contribution in [0.25, 0.3) is 0 Å². The Labute approximate surface area is 88.4 Å². The highest BCUT2D eigenvalue weighted by Gasteiger charge is 2.17. The molecule has 0 amide bonds. The third kappa shape index (κ3) is 4.43. The van der Waals surface area contributed by atoms with Crippen LogP contribution in [0.15, 0.2) is 0 Å². The molecule has 0 saturated heterocycles. The lowest BCUT2D eigenvalue weighted by molar-refractivity contribution is 0.00000728. The second-order valence-electron chi connectivity index (χ2n) is 4.23. The Morgan fingerprint density at radius 1 is 1.36 bits per heavy atom. The van der Waals surface area contributed by atoms with E-state index in [0.29, 0.717) is 12.1 Å². The van der Waals surface area contributed by atoms with Crippen molar-refractivity contribution in [3.8, 4) is 0 Å². The summed E-state index contributed by atoms with van der Waals surface area (Å²) in [5.41, 5.74) is 0. The van der Waals surface area contributed by atoms with Crippen LogP contribution in [0.4, 0.5) is 0 Å². The van der Waals surface area contributed by atoms with E-state index < -0.39 is 0 Å². The molecule has 1 fully saturated rings. The van der Waals surface area contributed by atoms with Gasteiger partial charge >= 0.3 is 0 Å². The zero-order chi connectivity index (χ0) is 10.2. The molecule has 1 atom stereocenters. The fraction of sp³-hybridized carbons (Fsp3) is 1.00. The van der Waals surface area contributed by atoms with Crippen molar-refractivity contribution in [2.75, 3.05) is 13.2 Å². The van der Waals surface area contributed by atoms with E-state index in [1.165, 1.54) is 38.5 Å². The monoisotopic (exact) mass is 199 g/mol. The number of ether oxygens (including phenoxy) is 1. The van der Waals surface area contributed by atoms with Crippen LogP contribution in [0.2, 0.25) is 0 Å². The van der Waals surface area contributed by atoms with Crippen LogP contribution < -0.4 is 5.32 Å². The van der Waals surface area contributed by atoms with Gasteiger partial charge in [-0.3, -0.25) is 0 Å². The van der Waals surface area contributed by atoms with Gasteiger partial charge in [-0.2, -0.15) is 0 Å². The summed E-state index contributed by atoms with van der Waals surface area (Å²) in [6.07, 6.45) is 8.28. The average molecular weight is 199 g/mol. The van der Waals surface area contributed by atoms with E-state index in [1.54, 1.807) is 0 Å². The highest BCUT2D eigenvalue weighted by atomic mass is 16.5. The van der Waals surface area contributed by atoms with E-state index >= 15 is 0 Å². The van der Waals surface area contributed by atoms with Gasteiger partial charge in [0.25, 0.3) is 0 Å². The molecule has 0 spiro atoms. The molecule has 1 N–H and O–H groups in total. The predicted octanol–water partition coefficient (Wildman–Crippen LogP) is 2.72. The molecular weight excluding hydrogens is 174 g/mol. The van der Waals surface area contributed by atoms with Gasteiger partial charge in [-0.1, -0.05) is 13.8 Å². The van der Waals surface area contributed by atoms with Crippen LogP contribution in [0, 0.1) is 0 Å². The minimum atomic E-state index is 0.606. The van der Waals surface area contributed by atoms with Crippen molar-refractivity contribution in [2.24, 2.45) is 0 Å². The second-order valence-corrected chi connectivity index (χ2v) is 4.23. The van der Waals surface area contributed by atoms with E-state index in [0.717, 1.165) is 13.2 Å². The summed E-state index contributed by atoms with van der Waals surface area (Å²) in [4.78, 5) is 0. The van der Waals surface area contributed by atoms with E-state index in [4.69, 9.17) is 4.74 Å². The highest BCUT2D eigenvalue weighted by molar-refractivity contribution is 4.69. The fourth-order valence-corrected chi connectivity index (χ4v) is 1.86. The summed E-state index contributed by atoms with van der Waals surface area (Å²) in [5.74, 6) is 0. The van der Waals surface area contributed by atoms with Gasteiger partial charge in [0.15, 0.2) is 0 Å². The third-order valence-corrected chi connectivity index (χ3v) is 3.09. The molecule has 0 aliphatic heterocycles. The Bertz CT molecular complexity index is 134. The van der Waals surface area contributed by atoms with Gasteiger partial charge in [-0.25, -0.2) is 0 Å². The summed E-state index contributed by atoms with van der Waals surface area (Å²) in [6, 6.07) is 0.699. The molecule has 84 valence electrons. The third-order valence-electron chi connectivity index (χ3n) is 3.09. The van der Waals surface area contributed by atoms with Crippen LogP contribution in [0.1, 0.15) is 52.4 Å². The molecule has 1 aliphatic rings. The van der Waals surface area contributed by atoms with E-state index in [1.807, 2.05) is 0 Å². The van der Waals surface area contributed by atoms with Gasteiger partial charge in [0.05, 0.1) is 6.10 Å². The second kappa shape index (κ2) is 7.24. The quantitative estimate of drug-likeness (QED) is 0.607. The molecule has 0 radical (unpaired) electrons. The standard InChI is InChI=1S/C12H25NO/c1-3-11(13-4-2)7-6-10-14-12-8-5-9-12/h11-13H,3-10H2,1-2H3. The van der Waals surface area contributed by atoms with Crippen molar-refractivity contribution >= 4 is 0 Å². The molecule has 0 bridgehead atoms. The zero-order valence-corrected chi connectivity index (χ0v) is 9.72. The molecule has 1 saturated carbocycles. The molecule has 1 rings (SSSR count). The molecule has 0 heterocycles. The molecule has 14 heavy (non-hydrogen) atoms. The number of nitrogens with one attached hydrogen (secondary N) is 1. The van der Waals surface area contributed by atoms with E-state index in [-0.39, 0.29) is 0 Å². The Balaban J connectivity index is 1.89. The molecule has 2 nitrogen and oxygen atoms in total. The number of rotatable bonds is 8. The smallest absolute Gasteiger partial charge is 0.0575 e. The van der Waals surface area contributed by atoms with E-state index in [2.05, 4.69) is 19.2 Å². The first kappa shape index (κ1) is 12.0. The molecule has 0 aromatic carbocycles. The predicted molar refractivity (Wildman–Crippen MR) is 60.6 cm³/mol. The van der Waals surface area contributed by atoms with Crippen LogP contribution in [-0.4, -0.2) is 25.3 Å². The maximum absolute atomic E-state index is 5.72. The first-order valence-electron chi connectivity index (χ1n) is 6.21. The summed E-state index contributed by atoms with van der Waals surface area (Å²) in [6.45, 7) is 6.47. The maximum Gasteiger partial charge on any atom is 0.0575 e. The first-order valence-corrected chi connectivity index (χ1v) is 6.21. The van der Waals surface area contributed by atoms with E-state index in [9.17, 15) is 0 Å². The Morgan fingerprint density at radius 2 is 2.14 bits per heavy atom. The van der Waals surface area contributed by atoms with Crippen LogP contribution >= 0.6 is 0 Å². The largest absolute Gasteiger partial charge is 0.378 e. The topological polar surface area (TPSA) is 21.3 Å². The Kier molecular flexibility index (Phi) is 6.20. The zero-order valence-electron chi connectivity index (χ0n) is 9.72. The summed E-state index contributed by atoms with van der Waals surface area (Å²) in [5, 5.41) is 3.49. The van der Waals surface area contributed by atoms with Crippen molar-refractivity contribution in [1.82, 2.24) is 5.32 Å². The fourth-order valence-electron chi connectivity index (χ4n) is 1.86. The van der Waals surface area contributed by atoms with Gasteiger partial charge in [0.2, 0.25) is 0 Å². The van der Waals surface area contributed by atoms with Crippen molar-refractivity contribution < 1.29 is 4.74 Å². The Hall–Kier alpha value is -0.0800. The minimum Gasteiger partial charge on any atom is -0.378 e. The molecule has 1 unspecified atom stereocenters. The summed E-state index contributed by atoms with van der Waals surface area (Å²) >= 11 is 0.